The molecule has 0 spiro atoms. The van der Waals surface area contributed by atoms with Crippen LogP contribution in [0.1, 0.15) is 68.7 Å². The van der Waals surface area contributed by atoms with Gasteiger partial charge in [0, 0.05) is 0 Å². The topological polar surface area (TPSA) is 20.2 Å². The fourth-order valence-electron chi connectivity index (χ4n) is 2.43. The molecule has 0 fully saturated rings. The van der Waals surface area contributed by atoms with Gasteiger partial charge in [0.1, 0.15) is 0 Å². The van der Waals surface area contributed by atoms with Crippen LogP contribution in [0.5, 0.6) is 0 Å². The molecule has 0 aliphatic carbocycles. The van der Waals surface area contributed by atoms with Crippen molar-refractivity contribution in [2.45, 2.75) is 64.4 Å². The molecule has 0 radical (unpaired) electrons. The predicted molar refractivity (Wildman–Crippen MR) is 83.9 cm³/mol. The number of unbranched alkanes of at least 4 members (excludes halogenated alkanes) is 3. The quantitative estimate of drug-likeness (QED) is 0.324. The van der Waals surface area contributed by atoms with Gasteiger partial charge in [-0.3, -0.25) is 0 Å². The number of benzene rings is 1. The van der Waals surface area contributed by atoms with Crippen LogP contribution >= 0.6 is 0 Å². The molecule has 0 aromatic heterocycles. The fourth-order valence-corrected chi connectivity index (χ4v) is 2.43. The van der Waals surface area contributed by atoms with Crippen LogP contribution in [-0.2, 0) is 12.4 Å². The second kappa shape index (κ2) is 8.74. The van der Waals surface area contributed by atoms with Gasteiger partial charge in [-0.15, -0.1) is 0 Å². The van der Waals surface area contributed by atoms with E-state index in [0.29, 0.717) is 18.6 Å². The SMILES string of the molecule is CCCCCC/C(C)=C\[C@@H](O)c1cc(C(F)(F)F)cc(C(F)(F)F)c1. The Morgan fingerprint density at radius 3 is 1.92 bits per heavy atom. The molecule has 0 aliphatic heterocycles. The Bertz CT molecular complexity index is 554. The average Bonchev–Trinajstić information content (AvgIpc) is 2.49. The Labute approximate surface area is 143 Å². The van der Waals surface area contributed by atoms with E-state index in [9.17, 15) is 31.4 Å². The van der Waals surface area contributed by atoms with Crippen molar-refractivity contribution in [2.75, 3.05) is 0 Å². The molecule has 0 bridgehead atoms. The van der Waals surface area contributed by atoms with E-state index in [-0.39, 0.29) is 6.07 Å². The summed E-state index contributed by atoms with van der Waals surface area (Å²) in [4.78, 5) is 0. The van der Waals surface area contributed by atoms with E-state index >= 15 is 0 Å². The molecule has 1 atom stereocenters. The maximum atomic E-state index is 12.8. The number of rotatable bonds is 7. The van der Waals surface area contributed by atoms with E-state index in [1.807, 2.05) is 0 Å². The average molecular weight is 368 g/mol. The Morgan fingerprint density at radius 2 is 1.48 bits per heavy atom. The Kier molecular flexibility index (Phi) is 7.53. The van der Waals surface area contributed by atoms with Crippen LogP contribution in [0.2, 0.25) is 0 Å². The first kappa shape index (κ1) is 21.5. The molecule has 7 heteroatoms. The number of halogens is 6. The molecule has 0 saturated carbocycles. The highest BCUT2D eigenvalue weighted by atomic mass is 19.4. The lowest BCUT2D eigenvalue weighted by atomic mass is 9.98. The standard InChI is InChI=1S/C18H22F6O/c1-3-4-5-6-7-12(2)8-16(25)13-9-14(17(19,20)21)11-15(10-13)18(22,23)24/h8-11,16,25H,3-7H2,1-2H3/b12-8-/t16-/m1/s1. The fraction of sp³-hybridized carbons (Fsp3) is 0.556. The van der Waals surface area contributed by atoms with Crippen molar-refractivity contribution >= 4 is 0 Å². The number of alkyl halides is 6. The van der Waals surface area contributed by atoms with Gasteiger partial charge in [0.15, 0.2) is 0 Å². The molecular formula is C18H22F6O. The summed E-state index contributed by atoms with van der Waals surface area (Å²) in [5.41, 5.74) is -2.54. The molecule has 1 aromatic carbocycles. The summed E-state index contributed by atoms with van der Waals surface area (Å²) in [5, 5.41) is 10.1. The molecule has 1 rings (SSSR count). The summed E-state index contributed by atoms with van der Waals surface area (Å²) in [6, 6.07) is 1.17. The van der Waals surface area contributed by atoms with Gasteiger partial charge in [0.2, 0.25) is 0 Å². The molecule has 142 valence electrons. The molecule has 1 N–H and O–H groups in total. The van der Waals surface area contributed by atoms with Crippen LogP contribution in [-0.4, -0.2) is 5.11 Å². The van der Waals surface area contributed by atoms with Gasteiger partial charge in [-0.05, 0) is 43.5 Å². The number of hydrogen-bond donors (Lipinski definition) is 1. The third kappa shape index (κ3) is 7.10. The molecule has 0 heterocycles. The zero-order valence-corrected chi connectivity index (χ0v) is 14.1. The third-order valence-corrected chi connectivity index (χ3v) is 3.82. The first-order chi connectivity index (χ1) is 11.4. The first-order valence-electron chi connectivity index (χ1n) is 8.10. The second-order valence-electron chi connectivity index (χ2n) is 6.11. The highest BCUT2D eigenvalue weighted by molar-refractivity contribution is 5.36. The van der Waals surface area contributed by atoms with Gasteiger partial charge in [-0.2, -0.15) is 26.3 Å². The lowest BCUT2D eigenvalue weighted by Crippen LogP contribution is -2.12. The van der Waals surface area contributed by atoms with Crippen LogP contribution in [0.3, 0.4) is 0 Å². The molecule has 0 aliphatic rings. The lowest BCUT2D eigenvalue weighted by Gasteiger charge is -2.16. The van der Waals surface area contributed by atoms with E-state index in [0.717, 1.165) is 31.3 Å². The number of aliphatic hydroxyl groups excluding tert-OH is 1. The van der Waals surface area contributed by atoms with Gasteiger partial charge in [-0.25, -0.2) is 0 Å². The van der Waals surface area contributed by atoms with E-state index in [1.54, 1.807) is 6.92 Å². The maximum absolute atomic E-state index is 12.8. The number of allylic oxidation sites excluding steroid dienone is 1. The molecule has 25 heavy (non-hydrogen) atoms. The van der Waals surface area contributed by atoms with Crippen LogP contribution in [0, 0.1) is 0 Å². The zero-order valence-electron chi connectivity index (χ0n) is 14.1. The van der Waals surface area contributed by atoms with Crippen LogP contribution in [0.25, 0.3) is 0 Å². The molecular weight excluding hydrogens is 346 g/mol. The van der Waals surface area contributed by atoms with Crippen LogP contribution in [0.15, 0.2) is 29.8 Å². The number of hydrogen-bond acceptors (Lipinski definition) is 1. The van der Waals surface area contributed by atoms with Crippen molar-refractivity contribution in [1.82, 2.24) is 0 Å². The van der Waals surface area contributed by atoms with Crippen LogP contribution in [0.4, 0.5) is 26.3 Å². The van der Waals surface area contributed by atoms with Crippen molar-refractivity contribution in [2.24, 2.45) is 0 Å². The minimum atomic E-state index is -4.92. The van der Waals surface area contributed by atoms with Crippen molar-refractivity contribution in [3.8, 4) is 0 Å². The summed E-state index contributed by atoms with van der Waals surface area (Å²) in [5.74, 6) is 0. The van der Waals surface area contributed by atoms with Gasteiger partial charge >= 0.3 is 12.4 Å². The van der Waals surface area contributed by atoms with E-state index in [1.165, 1.54) is 6.08 Å². The summed E-state index contributed by atoms with van der Waals surface area (Å²) in [7, 11) is 0. The highest BCUT2D eigenvalue weighted by Gasteiger charge is 2.37. The van der Waals surface area contributed by atoms with Crippen molar-refractivity contribution in [1.29, 1.82) is 0 Å². The second-order valence-corrected chi connectivity index (χ2v) is 6.11. The first-order valence-corrected chi connectivity index (χ1v) is 8.10. The van der Waals surface area contributed by atoms with Crippen molar-refractivity contribution in [3.05, 3.63) is 46.5 Å². The molecule has 0 saturated heterocycles. The van der Waals surface area contributed by atoms with Gasteiger partial charge < -0.3 is 5.11 Å². The van der Waals surface area contributed by atoms with Crippen molar-refractivity contribution < 1.29 is 31.4 Å². The normalized spacial score (nSPS) is 14.7. The molecule has 1 nitrogen and oxygen atoms in total. The Hall–Kier alpha value is -1.50. The zero-order chi connectivity index (χ0) is 19.3. The lowest BCUT2D eigenvalue weighted by molar-refractivity contribution is -0.143. The van der Waals surface area contributed by atoms with Gasteiger partial charge in [0.05, 0.1) is 17.2 Å². The van der Waals surface area contributed by atoms with Crippen LogP contribution < -0.4 is 0 Å². The summed E-state index contributed by atoms with van der Waals surface area (Å²) >= 11 is 0. The minimum Gasteiger partial charge on any atom is -0.384 e. The third-order valence-electron chi connectivity index (χ3n) is 3.82. The minimum absolute atomic E-state index is 0.0531. The summed E-state index contributed by atoms with van der Waals surface area (Å²) in [6.45, 7) is 3.76. The highest BCUT2D eigenvalue weighted by Crippen LogP contribution is 2.37. The van der Waals surface area contributed by atoms with E-state index < -0.39 is 35.1 Å². The molecule has 0 amide bonds. The largest absolute Gasteiger partial charge is 0.416 e. The Balaban J connectivity index is 3.06. The van der Waals surface area contributed by atoms with Crippen molar-refractivity contribution in [3.63, 3.8) is 0 Å². The number of aliphatic hydroxyl groups is 1. The molecule has 1 aromatic rings. The van der Waals surface area contributed by atoms with Gasteiger partial charge in [0.25, 0.3) is 0 Å². The Morgan fingerprint density at radius 1 is 0.960 bits per heavy atom. The maximum Gasteiger partial charge on any atom is 0.416 e. The summed E-state index contributed by atoms with van der Waals surface area (Å²) in [6.07, 6.45) is -5.46. The predicted octanol–water partition coefficient (Wildman–Crippen LogP) is 6.67. The van der Waals surface area contributed by atoms with Gasteiger partial charge in [-0.1, -0.05) is 37.8 Å². The van der Waals surface area contributed by atoms with E-state index in [4.69, 9.17) is 0 Å². The molecule has 0 unspecified atom stereocenters. The summed E-state index contributed by atoms with van der Waals surface area (Å²) < 4.78 is 77.0. The monoisotopic (exact) mass is 368 g/mol. The smallest absolute Gasteiger partial charge is 0.384 e. The van der Waals surface area contributed by atoms with E-state index in [2.05, 4.69) is 6.92 Å².